The van der Waals surface area contributed by atoms with Gasteiger partial charge in [-0.25, -0.2) is 19.3 Å². The van der Waals surface area contributed by atoms with E-state index in [1.165, 1.54) is 11.0 Å². The summed E-state index contributed by atoms with van der Waals surface area (Å²) in [7, 11) is 1.59. The Balaban J connectivity index is 1.11. The number of nitrogens with zero attached hydrogens (tertiary/aromatic N) is 7. The molecule has 0 N–H and O–H groups in total. The molecule has 0 fully saturated rings. The summed E-state index contributed by atoms with van der Waals surface area (Å²) in [5, 5.41) is 13.9. The summed E-state index contributed by atoms with van der Waals surface area (Å²) < 4.78 is 15.2. The van der Waals surface area contributed by atoms with Gasteiger partial charge >= 0.3 is 11.9 Å². The molecule has 67 heavy (non-hydrogen) atoms. The largest absolute Gasteiger partial charge is 0.417 e. The lowest BCUT2D eigenvalue weighted by molar-refractivity contribution is -0.114. The number of aromatic nitrogens is 6. The van der Waals surface area contributed by atoms with E-state index in [1.54, 1.807) is 31.3 Å². The molecule has 1 amide bonds. The molecule has 1 unspecified atom stereocenters. The second kappa shape index (κ2) is 19.1. The molecule has 9 rings (SSSR count). The van der Waals surface area contributed by atoms with Crippen LogP contribution < -0.4 is 4.90 Å². The van der Waals surface area contributed by atoms with Crippen molar-refractivity contribution in [1.82, 2.24) is 29.8 Å². The standard InChI is InChI=1S/C55H49N7O5/c1-5-6-30-47-56-51(60(4)48(63)35-37(2)3)49(53(65)67-54-46-29-19-18-28-45(46)52(64)66-54)61(47)36-38-31-33-39(34-32-38)43-26-16-17-27-44(43)50-57-58-59-62(50)55(40-20-10-7-11-21-40,41-22-12-8-13-23-41)42-24-14-9-15-25-42/h7-29,31-35,54H,5-6,30,36H2,1-4H3. The summed E-state index contributed by atoms with van der Waals surface area (Å²) in [6, 6.07) is 53.9. The van der Waals surface area contributed by atoms with Crippen molar-refractivity contribution in [1.29, 1.82) is 0 Å². The number of rotatable bonds is 15. The quantitative estimate of drug-likeness (QED) is 0.0560. The maximum atomic E-state index is 14.5. The molecule has 0 bridgehead atoms. The molecule has 0 radical (unpaired) electrons. The number of anilines is 1. The van der Waals surface area contributed by atoms with E-state index < -0.39 is 23.8 Å². The van der Waals surface area contributed by atoms with E-state index >= 15 is 0 Å². The summed E-state index contributed by atoms with van der Waals surface area (Å²) in [6.45, 7) is 5.97. The Morgan fingerprint density at radius 3 is 1.91 bits per heavy atom. The van der Waals surface area contributed by atoms with E-state index in [0.29, 0.717) is 29.2 Å². The molecule has 1 aliphatic heterocycles. The summed E-state index contributed by atoms with van der Waals surface area (Å²) in [6.07, 6.45) is 2.45. The number of hydrogen-bond acceptors (Lipinski definition) is 9. The molecule has 1 atom stereocenters. The first-order chi connectivity index (χ1) is 32.7. The predicted molar refractivity (Wildman–Crippen MR) is 256 cm³/mol. The summed E-state index contributed by atoms with van der Waals surface area (Å²) in [4.78, 5) is 47.1. The fraction of sp³-hybridized carbons (Fsp3) is 0.182. The van der Waals surface area contributed by atoms with Gasteiger partial charge in [0.2, 0.25) is 0 Å². The molecule has 0 saturated heterocycles. The van der Waals surface area contributed by atoms with Crippen molar-refractivity contribution < 1.29 is 23.9 Å². The highest BCUT2D eigenvalue weighted by Gasteiger charge is 2.42. The number of aryl methyl sites for hydroxylation is 1. The van der Waals surface area contributed by atoms with Gasteiger partial charge in [-0.05, 0) is 70.1 Å². The van der Waals surface area contributed by atoms with Crippen LogP contribution >= 0.6 is 0 Å². The monoisotopic (exact) mass is 887 g/mol. The molecule has 12 heteroatoms. The molecule has 2 aromatic heterocycles. The van der Waals surface area contributed by atoms with Crippen molar-refractivity contribution in [3.05, 3.63) is 220 Å². The Kier molecular flexibility index (Phi) is 12.5. The number of hydrogen-bond donors (Lipinski definition) is 0. The Bertz CT molecular complexity index is 2990. The van der Waals surface area contributed by atoms with Crippen LogP contribution in [-0.4, -0.2) is 54.7 Å². The molecular formula is C55H49N7O5. The van der Waals surface area contributed by atoms with E-state index in [4.69, 9.17) is 24.8 Å². The van der Waals surface area contributed by atoms with E-state index in [1.807, 2.05) is 120 Å². The number of allylic oxidation sites excluding steroid dienone is 1. The summed E-state index contributed by atoms with van der Waals surface area (Å²) in [5.41, 5.74) is 7.22. The number of amides is 1. The third-order valence-corrected chi connectivity index (χ3v) is 12.0. The highest BCUT2D eigenvalue weighted by molar-refractivity contribution is 6.05. The first-order valence-corrected chi connectivity index (χ1v) is 22.4. The number of carbonyl (C=O) groups is 3. The van der Waals surface area contributed by atoms with Crippen LogP contribution in [0.15, 0.2) is 175 Å². The lowest BCUT2D eigenvalue weighted by atomic mass is 9.77. The zero-order valence-electron chi connectivity index (χ0n) is 37.7. The first-order valence-electron chi connectivity index (χ1n) is 22.4. The molecule has 0 aliphatic carbocycles. The Hall–Kier alpha value is -8.25. The number of ether oxygens (including phenoxy) is 2. The molecule has 1 aliphatic rings. The highest BCUT2D eigenvalue weighted by atomic mass is 16.7. The van der Waals surface area contributed by atoms with Crippen LogP contribution in [0.4, 0.5) is 5.82 Å². The number of carbonyl (C=O) groups excluding carboxylic acids is 3. The van der Waals surface area contributed by atoms with Crippen LogP contribution in [0.2, 0.25) is 0 Å². The van der Waals surface area contributed by atoms with Gasteiger partial charge in [-0.2, -0.15) is 0 Å². The minimum absolute atomic E-state index is 0.0736. The minimum atomic E-state index is -1.26. The number of cyclic esters (lactones) is 1. The van der Waals surface area contributed by atoms with Gasteiger partial charge in [0.05, 0.1) is 5.56 Å². The van der Waals surface area contributed by atoms with E-state index in [0.717, 1.165) is 57.4 Å². The number of esters is 2. The lowest BCUT2D eigenvalue weighted by Gasteiger charge is -2.36. The van der Waals surface area contributed by atoms with Crippen LogP contribution in [0.3, 0.4) is 0 Å². The topological polar surface area (TPSA) is 134 Å². The van der Waals surface area contributed by atoms with Crippen LogP contribution in [-0.2, 0) is 32.8 Å². The van der Waals surface area contributed by atoms with Crippen molar-refractivity contribution in [2.24, 2.45) is 0 Å². The van der Waals surface area contributed by atoms with Gasteiger partial charge in [-0.1, -0.05) is 177 Å². The zero-order valence-corrected chi connectivity index (χ0v) is 37.7. The zero-order chi connectivity index (χ0) is 46.5. The second-order valence-electron chi connectivity index (χ2n) is 16.7. The summed E-state index contributed by atoms with van der Waals surface area (Å²) >= 11 is 0. The second-order valence-corrected chi connectivity index (χ2v) is 16.7. The number of tetrazole rings is 1. The lowest BCUT2D eigenvalue weighted by Crippen LogP contribution is -2.39. The molecule has 12 nitrogen and oxygen atoms in total. The number of fused-ring (bicyclic) bond motifs is 1. The van der Waals surface area contributed by atoms with Gasteiger partial charge in [-0.15, -0.1) is 5.10 Å². The van der Waals surface area contributed by atoms with Crippen LogP contribution in [0, 0.1) is 0 Å². The predicted octanol–water partition coefficient (Wildman–Crippen LogP) is 10.4. The van der Waals surface area contributed by atoms with Crippen molar-refractivity contribution in [3.8, 4) is 22.5 Å². The normalized spacial score (nSPS) is 13.1. The van der Waals surface area contributed by atoms with E-state index in [2.05, 4.69) is 54.6 Å². The SMILES string of the molecule is CCCCc1nc(N(C)C(=O)C=C(C)C)c(C(=O)OC2OC(=O)c3ccccc32)n1Cc1ccc(-c2ccccc2-c2nnnn2C(c2ccccc2)(c2ccccc2)c2ccccc2)cc1. The molecule has 3 heterocycles. The van der Waals surface area contributed by atoms with Gasteiger partial charge in [0.15, 0.2) is 17.3 Å². The smallest absolute Gasteiger partial charge is 0.362 e. The van der Waals surface area contributed by atoms with Crippen molar-refractivity contribution in [2.45, 2.75) is 58.4 Å². The highest BCUT2D eigenvalue weighted by Crippen LogP contribution is 2.43. The minimum Gasteiger partial charge on any atom is -0.417 e. The molecule has 0 saturated carbocycles. The Morgan fingerprint density at radius 1 is 0.746 bits per heavy atom. The van der Waals surface area contributed by atoms with Gasteiger partial charge < -0.3 is 14.0 Å². The van der Waals surface area contributed by atoms with Crippen molar-refractivity contribution in [3.63, 3.8) is 0 Å². The molecule has 334 valence electrons. The molecule has 0 spiro atoms. The van der Waals surface area contributed by atoms with Gasteiger partial charge in [0, 0.05) is 37.2 Å². The Labute approximate surface area is 389 Å². The van der Waals surface area contributed by atoms with Crippen molar-refractivity contribution >= 4 is 23.7 Å². The molecule has 8 aromatic rings. The van der Waals surface area contributed by atoms with Gasteiger partial charge in [-0.3, -0.25) is 9.69 Å². The Morgan fingerprint density at radius 2 is 1.31 bits per heavy atom. The van der Waals surface area contributed by atoms with Gasteiger partial charge in [0.1, 0.15) is 11.4 Å². The number of imidazole rings is 1. The first kappa shape index (κ1) is 44.0. The molecule has 6 aromatic carbocycles. The summed E-state index contributed by atoms with van der Waals surface area (Å²) in [5.74, 6) is -0.365. The van der Waals surface area contributed by atoms with Crippen LogP contribution in [0.25, 0.3) is 22.5 Å². The number of benzene rings is 6. The number of unbranched alkanes of at least 4 members (excludes halogenated alkanes) is 1. The maximum absolute atomic E-state index is 14.5. The fourth-order valence-corrected chi connectivity index (χ4v) is 8.81. The van der Waals surface area contributed by atoms with Crippen LogP contribution in [0.1, 0.15) is 94.4 Å². The fourth-order valence-electron chi connectivity index (χ4n) is 8.81. The van der Waals surface area contributed by atoms with Crippen LogP contribution in [0.5, 0.6) is 0 Å². The van der Waals surface area contributed by atoms with E-state index in [-0.39, 0.29) is 24.0 Å². The molecular weight excluding hydrogens is 839 g/mol. The third-order valence-electron chi connectivity index (χ3n) is 12.0. The van der Waals surface area contributed by atoms with Crippen molar-refractivity contribution in [2.75, 3.05) is 11.9 Å². The average Bonchev–Trinajstić information content (AvgIpc) is 4.08. The third kappa shape index (κ3) is 8.45. The van der Waals surface area contributed by atoms with E-state index in [9.17, 15) is 14.4 Å². The maximum Gasteiger partial charge on any atom is 0.362 e. The van der Waals surface area contributed by atoms with Gasteiger partial charge in [0.25, 0.3) is 12.2 Å². The number of likely N-dealkylation sites (N-methyl/N-ethyl adjacent to an activating group) is 1. The average molecular weight is 888 g/mol.